The van der Waals surface area contributed by atoms with Crippen LogP contribution in [0.5, 0.6) is 17.2 Å². The predicted molar refractivity (Wildman–Crippen MR) is 90.4 cm³/mol. The molecular weight excluding hydrogens is 328 g/mol. The van der Waals surface area contributed by atoms with E-state index in [0.717, 1.165) is 12.0 Å². The van der Waals surface area contributed by atoms with Crippen molar-refractivity contribution in [3.63, 3.8) is 0 Å². The smallest absolute Gasteiger partial charge is 0.339 e. The molecule has 24 heavy (non-hydrogen) atoms. The zero-order chi connectivity index (χ0) is 17.2. The van der Waals surface area contributed by atoms with E-state index in [1.165, 1.54) is 12.1 Å². The lowest BCUT2D eigenvalue weighted by Crippen LogP contribution is -2.10. The maximum Gasteiger partial charge on any atom is 0.339 e. The van der Waals surface area contributed by atoms with Gasteiger partial charge in [-0.25, -0.2) is 0 Å². The average Bonchev–Trinajstić information content (AvgIpc) is 2.79. The number of rotatable bonds is 4. The van der Waals surface area contributed by atoms with Crippen LogP contribution in [0.25, 0.3) is 0 Å². The van der Waals surface area contributed by atoms with E-state index in [0.29, 0.717) is 30.5 Å². The molecule has 0 saturated heterocycles. The molecule has 0 amide bonds. The normalized spacial score (nSPS) is 14.3. The fourth-order valence-corrected chi connectivity index (χ4v) is 3.34. The van der Waals surface area contributed by atoms with Crippen molar-refractivity contribution in [2.75, 3.05) is 13.2 Å². The van der Waals surface area contributed by atoms with Crippen molar-refractivity contribution in [3.8, 4) is 17.2 Å². The standard InChI is InChI=1S/C18H20O5S/c1-13(2)14-5-3-6-15(11-14)23-24(19,20)16-7-8-17-18(12-16)22-10-4-9-21-17/h3,5-8,11-13H,4,9-10H2,1-2H3. The Morgan fingerprint density at radius 3 is 2.50 bits per heavy atom. The van der Waals surface area contributed by atoms with Crippen LogP contribution in [-0.4, -0.2) is 21.6 Å². The van der Waals surface area contributed by atoms with Crippen LogP contribution in [0.3, 0.4) is 0 Å². The second-order valence-corrected chi connectivity index (χ2v) is 7.47. The molecule has 6 heteroatoms. The van der Waals surface area contributed by atoms with Crippen LogP contribution in [0, 0.1) is 0 Å². The molecule has 0 radical (unpaired) electrons. The van der Waals surface area contributed by atoms with Gasteiger partial charge in [-0.3, -0.25) is 0 Å². The second kappa shape index (κ2) is 6.73. The Balaban J connectivity index is 1.88. The quantitative estimate of drug-likeness (QED) is 0.788. The van der Waals surface area contributed by atoms with E-state index in [4.69, 9.17) is 13.7 Å². The van der Waals surface area contributed by atoms with Gasteiger partial charge in [0.05, 0.1) is 13.2 Å². The fraction of sp³-hybridized carbons (Fsp3) is 0.333. The van der Waals surface area contributed by atoms with E-state index in [-0.39, 0.29) is 10.8 Å². The molecule has 0 spiro atoms. The highest BCUT2D eigenvalue weighted by molar-refractivity contribution is 7.87. The van der Waals surface area contributed by atoms with E-state index >= 15 is 0 Å². The molecule has 1 aliphatic heterocycles. The summed E-state index contributed by atoms with van der Waals surface area (Å²) in [6.07, 6.45) is 0.759. The summed E-state index contributed by atoms with van der Waals surface area (Å²) in [6.45, 7) is 5.13. The van der Waals surface area contributed by atoms with E-state index in [1.807, 2.05) is 19.9 Å². The molecular formula is C18H20O5S. The Morgan fingerprint density at radius 2 is 1.75 bits per heavy atom. The molecule has 2 aromatic carbocycles. The zero-order valence-electron chi connectivity index (χ0n) is 13.7. The third-order valence-electron chi connectivity index (χ3n) is 3.74. The van der Waals surface area contributed by atoms with Gasteiger partial charge in [0, 0.05) is 12.5 Å². The molecule has 0 aliphatic carbocycles. The lowest BCUT2D eigenvalue weighted by molar-refractivity contribution is 0.296. The molecule has 0 aromatic heterocycles. The fourth-order valence-electron chi connectivity index (χ4n) is 2.40. The van der Waals surface area contributed by atoms with E-state index in [2.05, 4.69) is 0 Å². The summed E-state index contributed by atoms with van der Waals surface area (Å²) in [5.74, 6) is 1.56. The van der Waals surface area contributed by atoms with Gasteiger partial charge >= 0.3 is 10.1 Å². The monoisotopic (exact) mass is 348 g/mol. The minimum absolute atomic E-state index is 0.0432. The van der Waals surface area contributed by atoms with Crippen LogP contribution in [0.1, 0.15) is 31.7 Å². The third-order valence-corrected chi connectivity index (χ3v) is 4.98. The molecule has 5 nitrogen and oxygen atoms in total. The van der Waals surface area contributed by atoms with Crippen LogP contribution in [0.4, 0.5) is 0 Å². The number of hydrogen-bond acceptors (Lipinski definition) is 5. The molecule has 1 aliphatic rings. The summed E-state index contributed by atoms with van der Waals surface area (Å²) in [4.78, 5) is 0.0432. The molecule has 0 N–H and O–H groups in total. The average molecular weight is 348 g/mol. The lowest BCUT2D eigenvalue weighted by atomic mass is 10.0. The first-order valence-corrected chi connectivity index (χ1v) is 9.30. The summed E-state index contributed by atoms with van der Waals surface area (Å²) in [5, 5.41) is 0. The third kappa shape index (κ3) is 3.64. The first-order chi connectivity index (χ1) is 11.5. The van der Waals surface area contributed by atoms with Gasteiger partial charge in [-0.05, 0) is 35.7 Å². The summed E-state index contributed by atoms with van der Waals surface area (Å²) in [6, 6.07) is 11.6. The molecule has 0 fully saturated rings. The topological polar surface area (TPSA) is 61.8 Å². The van der Waals surface area contributed by atoms with Gasteiger partial charge in [-0.1, -0.05) is 26.0 Å². The van der Waals surface area contributed by atoms with Crippen LogP contribution >= 0.6 is 0 Å². The van der Waals surface area contributed by atoms with Crippen molar-refractivity contribution < 1.29 is 22.1 Å². The lowest BCUT2D eigenvalue weighted by Gasteiger charge is -2.12. The van der Waals surface area contributed by atoms with Crippen molar-refractivity contribution in [2.24, 2.45) is 0 Å². The highest BCUT2D eigenvalue weighted by Crippen LogP contribution is 2.33. The highest BCUT2D eigenvalue weighted by Gasteiger charge is 2.21. The maximum absolute atomic E-state index is 12.5. The Morgan fingerprint density at radius 1 is 1.00 bits per heavy atom. The molecule has 2 aromatic rings. The highest BCUT2D eigenvalue weighted by atomic mass is 32.2. The van der Waals surface area contributed by atoms with Gasteiger partial charge < -0.3 is 13.7 Å². The molecule has 0 bridgehead atoms. The van der Waals surface area contributed by atoms with Crippen LogP contribution in [0.2, 0.25) is 0 Å². The summed E-state index contributed by atoms with van der Waals surface area (Å²) in [5.41, 5.74) is 1.02. The molecule has 0 atom stereocenters. The van der Waals surface area contributed by atoms with Crippen LogP contribution < -0.4 is 13.7 Å². The Kier molecular flexibility index (Phi) is 4.66. The van der Waals surface area contributed by atoms with E-state index in [9.17, 15) is 8.42 Å². The van der Waals surface area contributed by atoms with E-state index < -0.39 is 10.1 Å². The van der Waals surface area contributed by atoms with Gasteiger partial charge in [0.25, 0.3) is 0 Å². The van der Waals surface area contributed by atoms with Crippen molar-refractivity contribution in [1.29, 1.82) is 0 Å². The molecule has 1 heterocycles. The summed E-state index contributed by atoms with van der Waals surface area (Å²) >= 11 is 0. The predicted octanol–water partition coefficient (Wildman–Crippen LogP) is 3.74. The Bertz CT molecular complexity index is 827. The van der Waals surface area contributed by atoms with Gasteiger partial charge in [-0.2, -0.15) is 8.42 Å². The number of ether oxygens (including phenoxy) is 2. The Hall–Kier alpha value is -2.21. The molecule has 0 unspecified atom stereocenters. The van der Waals surface area contributed by atoms with Crippen molar-refractivity contribution >= 4 is 10.1 Å². The minimum atomic E-state index is -3.94. The zero-order valence-corrected chi connectivity index (χ0v) is 14.5. The first kappa shape index (κ1) is 16.6. The second-order valence-electron chi connectivity index (χ2n) is 5.92. The van der Waals surface area contributed by atoms with E-state index in [1.54, 1.807) is 24.3 Å². The SMILES string of the molecule is CC(C)c1cccc(OS(=O)(=O)c2ccc3c(c2)OCCCO3)c1. The molecule has 3 rings (SSSR count). The first-order valence-electron chi connectivity index (χ1n) is 7.90. The van der Waals surface area contributed by atoms with Crippen molar-refractivity contribution in [3.05, 3.63) is 48.0 Å². The molecule has 0 saturated carbocycles. The summed E-state index contributed by atoms with van der Waals surface area (Å²) in [7, 11) is -3.94. The van der Waals surface area contributed by atoms with Gasteiger partial charge in [-0.15, -0.1) is 0 Å². The van der Waals surface area contributed by atoms with Crippen molar-refractivity contribution in [2.45, 2.75) is 31.1 Å². The van der Waals surface area contributed by atoms with Gasteiger partial charge in [0.15, 0.2) is 11.5 Å². The number of benzene rings is 2. The maximum atomic E-state index is 12.5. The largest absolute Gasteiger partial charge is 0.490 e. The van der Waals surface area contributed by atoms with Crippen molar-refractivity contribution in [1.82, 2.24) is 0 Å². The van der Waals surface area contributed by atoms with Gasteiger partial charge in [0.1, 0.15) is 10.6 Å². The van der Waals surface area contributed by atoms with Crippen LogP contribution in [-0.2, 0) is 10.1 Å². The summed E-state index contributed by atoms with van der Waals surface area (Å²) < 4.78 is 41.4. The minimum Gasteiger partial charge on any atom is -0.490 e. The Labute approximate surface area is 142 Å². The number of fused-ring (bicyclic) bond motifs is 1. The number of hydrogen-bond donors (Lipinski definition) is 0. The van der Waals surface area contributed by atoms with Gasteiger partial charge in [0.2, 0.25) is 0 Å². The molecule has 128 valence electrons. The van der Waals surface area contributed by atoms with Crippen LogP contribution in [0.15, 0.2) is 47.4 Å².